The van der Waals surface area contributed by atoms with Crippen LogP contribution in [0.15, 0.2) is 66.7 Å². The summed E-state index contributed by atoms with van der Waals surface area (Å²) in [5, 5.41) is 5.56. The predicted octanol–water partition coefficient (Wildman–Crippen LogP) is 0.586. The number of ether oxygens (including phenoxy) is 1. The Hall–Kier alpha value is -2.73. The van der Waals surface area contributed by atoms with Crippen molar-refractivity contribution in [1.82, 2.24) is 5.32 Å². The lowest BCUT2D eigenvalue weighted by Crippen LogP contribution is -3.12. The number of likely N-dealkylation sites (N-methyl/N-ethyl adjacent to an activating group) is 1. The highest BCUT2D eigenvalue weighted by molar-refractivity contribution is 5.83. The smallest absolute Gasteiger partial charge is 0.275 e. The van der Waals surface area contributed by atoms with Gasteiger partial charge in [0.15, 0.2) is 6.54 Å². The van der Waals surface area contributed by atoms with E-state index in [1.165, 1.54) is 26.8 Å². The molecule has 1 aliphatic rings. The van der Waals surface area contributed by atoms with Crippen molar-refractivity contribution in [2.75, 3.05) is 39.9 Å². The van der Waals surface area contributed by atoms with Gasteiger partial charge in [-0.25, -0.2) is 0 Å². The summed E-state index contributed by atoms with van der Waals surface area (Å²) in [4.78, 5) is 15.2. The van der Waals surface area contributed by atoms with Gasteiger partial charge >= 0.3 is 0 Å². The molecule has 0 radical (unpaired) electrons. The van der Waals surface area contributed by atoms with Crippen LogP contribution in [0.25, 0.3) is 10.8 Å². The summed E-state index contributed by atoms with van der Waals surface area (Å²) >= 11 is 0. The molecule has 0 bridgehead atoms. The quantitative estimate of drug-likeness (QED) is 0.501. The first-order valence-electron chi connectivity index (χ1n) is 11.2. The van der Waals surface area contributed by atoms with Crippen molar-refractivity contribution in [1.29, 1.82) is 0 Å². The molecule has 4 rings (SSSR count). The number of carbonyl (C=O) groups is 1. The average Bonchev–Trinajstić information content (AvgIpc) is 2.79. The first-order chi connectivity index (χ1) is 15.2. The van der Waals surface area contributed by atoms with Gasteiger partial charge in [0, 0.05) is 17.7 Å². The Morgan fingerprint density at radius 3 is 2.39 bits per heavy atom. The SMILES string of the molecule is C[NH+](CC(=O)NCc1ccc(C[NH+]2CCOCC2)cc1)Cc1ccc2ccccc2c1. The van der Waals surface area contributed by atoms with Gasteiger partial charge in [-0.3, -0.25) is 4.79 Å². The van der Waals surface area contributed by atoms with Crippen LogP contribution in [0.3, 0.4) is 0 Å². The minimum Gasteiger partial charge on any atom is -0.370 e. The summed E-state index contributed by atoms with van der Waals surface area (Å²) in [6.07, 6.45) is 0. The molecule has 0 saturated carbocycles. The zero-order chi connectivity index (χ0) is 21.5. The van der Waals surface area contributed by atoms with E-state index >= 15 is 0 Å². The molecule has 1 aliphatic heterocycles. The van der Waals surface area contributed by atoms with Gasteiger partial charge in [-0.05, 0) is 22.4 Å². The molecule has 0 aliphatic carbocycles. The van der Waals surface area contributed by atoms with Crippen molar-refractivity contribution in [2.24, 2.45) is 0 Å². The molecule has 5 nitrogen and oxygen atoms in total. The highest BCUT2D eigenvalue weighted by Gasteiger charge is 2.14. The predicted molar refractivity (Wildman–Crippen MR) is 123 cm³/mol. The summed E-state index contributed by atoms with van der Waals surface area (Å²) in [6, 6.07) is 23.5. The van der Waals surface area contributed by atoms with Crippen molar-refractivity contribution in [3.8, 4) is 0 Å². The van der Waals surface area contributed by atoms with Crippen LogP contribution in [0.5, 0.6) is 0 Å². The highest BCUT2D eigenvalue weighted by Crippen LogP contribution is 2.14. The van der Waals surface area contributed by atoms with E-state index in [-0.39, 0.29) is 5.91 Å². The largest absolute Gasteiger partial charge is 0.370 e. The minimum absolute atomic E-state index is 0.0835. The van der Waals surface area contributed by atoms with Crippen molar-refractivity contribution in [3.63, 3.8) is 0 Å². The lowest BCUT2D eigenvalue weighted by atomic mass is 10.1. The van der Waals surface area contributed by atoms with Crippen LogP contribution in [0, 0.1) is 0 Å². The molecule has 1 heterocycles. The van der Waals surface area contributed by atoms with Crippen LogP contribution in [-0.2, 0) is 29.2 Å². The third kappa shape index (κ3) is 6.37. The summed E-state index contributed by atoms with van der Waals surface area (Å²) in [5.41, 5.74) is 3.73. The zero-order valence-electron chi connectivity index (χ0n) is 18.3. The van der Waals surface area contributed by atoms with Gasteiger partial charge in [0.05, 0.1) is 20.3 Å². The van der Waals surface area contributed by atoms with Crippen molar-refractivity contribution in [3.05, 3.63) is 83.4 Å². The molecule has 162 valence electrons. The fourth-order valence-corrected chi connectivity index (χ4v) is 4.20. The summed E-state index contributed by atoms with van der Waals surface area (Å²) in [5.74, 6) is 0.0835. The molecule has 1 fully saturated rings. The van der Waals surface area contributed by atoms with Crippen molar-refractivity contribution < 1.29 is 19.3 Å². The third-order valence-electron chi connectivity index (χ3n) is 5.95. The summed E-state index contributed by atoms with van der Waals surface area (Å²) < 4.78 is 5.43. The lowest BCUT2D eigenvalue weighted by Gasteiger charge is -2.23. The molecule has 3 aromatic rings. The van der Waals surface area contributed by atoms with E-state index in [2.05, 4.69) is 79.1 Å². The van der Waals surface area contributed by atoms with Crippen LogP contribution >= 0.6 is 0 Å². The van der Waals surface area contributed by atoms with E-state index in [1.807, 2.05) is 0 Å². The first kappa shape index (κ1) is 21.5. The molecule has 1 atom stereocenters. The number of carbonyl (C=O) groups excluding carboxylic acids is 1. The Kier molecular flexibility index (Phi) is 7.30. The lowest BCUT2D eigenvalue weighted by molar-refractivity contribution is -0.921. The van der Waals surface area contributed by atoms with Crippen LogP contribution in [0.4, 0.5) is 0 Å². The molecule has 5 heteroatoms. The molecular formula is C26H33N3O2+2. The molecule has 0 aromatic heterocycles. The van der Waals surface area contributed by atoms with Gasteiger partial charge in [0.2, 0.25) is 0 Å². The first-order valence-corrected chi connectivity index (χ1v) is 11.2. The molecule has 3 N–H and O–H groups in total. The van der Waals surface area contributed by atoms with Crippen molar-refractivity contribution in [2.45, 2.75) is 19.6 Å². The fraction of sp³-hybridized carbons (Fsp3) is 0.346. The number of hydrogen-bond acceptors (Lipinski definition) is 2. The van der Waals surface area contributed by atoms with Crippen LogP contribution in [-0.4, -0.2) is 45.8 Å². The molecular weight excluding hydrogens is 386 g/mol. The number of rotatable bonds is 8. The van der Waals surface area contributed by atoms with Gasteiger partial charge in [0.25, 0.3) is 5.91 Å². The Morgan fingerprint density at radius 1 is 0.935 bits per heavy atom. The second-order valence-corrected chi connectivity index (χ2v) is 8.62. The standard InChI is InChI=1S/C26H31N3O2/c1-28(18-23-10-11-24-4-2-3-5-25(24)16-23)20-26(30)27-17-21-6-8-22(9-7-21)19-29-12-14-31-15-13-29/h2-11,16H,12-15,17-20H2,1H3,(H,27,30)/p+2. The summed E-state index contributed by atoms with van der Waals surface area (Å²) in [7, 11) is 2.07. The van der Waals surface area contributed by atoms with E-state index in [0.29, 0.717) is 13.1 Å². The Labute approximate surface area is 184 Å². The van der Waals surface area contributed by atoms with Crippen LogP contribution in [0.2, 0.25) is 0 Å². The number of hydrogen-bond donors (Lipinski definition) is 3. The second kappa shape index (κ2) is 10.5. The highest BCUT2D eigenvalue weighted by atomic mass is 16.5. The molecule has 31 heavy (non-hydrogen) atoms. The van der Waals surface area contributed by atoms with E-state index in [1.54, 1.807) is 4.90 Å². The number of quaternary nitrogens is 2. The monoisotopic (exact) mass is 419 g/mol. The average molecular weight is 420 g/mol. The second-order valence-electron chi connectivity index (χ2n) is 8.62. The number of fused-ring (bicyclic) bond motifs is 1. The van der Waals surface area contributed by atoms with E-state index in [4.69, 9.17) is 4.74 Å². The van der Waals surface area contributed by atoms with E-state index in [9.17, 15) is 4.79 Å². The zero-order valence-corrected chi connectivity index (χ0v) is 18.3. The maximum atomic E-state index is 12.4. The Balaban J connectivity index is 1.21. The van der Waals surface area contributed by atoms with Crippen LogP contribution < -0.4 is 15.1 Å². The molecule has 1 amide bonds. The van der Waals surface area contributed by atoms with Gasteiger partial charge < -0.3 is 19.9 Å². The number of morpholine rings is 1. The maximum Gasteiger partial charge on any atom is 0.275 e. The van der Waals surface area contributed by atoms with Gasteiger partial charge in [-0.2, -0.15) is 0 Å². The molecule has 3 aromatic carbocycles. The van der Waals surface area contributed by atoms with Crippen molar-refractivity contribution >= 4 is 16.7 Å². The van der Waals surface area contributed by atoms with Gasteiger partial charge in [-0.1, -0.05) is 60.7 Å². The molecule has 0 spiro atoms. The van der Waals surface area contributed by atoms with Gasteiger partial charge in [-0.15, -0.1) is 0 Å². The van der Waals surface area contributed by atoms with E-state index in [0.717, 1.165) is 45.0 Å². The molecule has 1 saturated heterocycles. The summed E-state index contributed by atoms with van der Waals surface area (Å²) in [6.45, 7) is 6.78. The normalized spacial score (nSPS) is 15.6. The Morgan fingerprint density at radius 2 is 1.61 bits per heavy atom. The number of benzene rings is 3. The van der Waals surface area contributed by atoms with Gasteiger partial charge in [0.1, 0.15) is 26.2 Å². The Bertz CT molecular complexity index is 997. The topological polar surface area (TPSA) is 47.2 Å². The van der Waals surface area contributed by atoms with E-state index < -0.39 is 0 Å². The van der Waals surface area contributed by atoms with Crippen LogP contribution in [0.1, 0.15) is 16.7 Å². The fourth-order valence-electron chi connectivity index (χ4n) is 4.20. The number of nitrogens with one attached hydrogen (secondary N) is 3. The molecule has 1 unspecified atom stereocenters. The third-order valence-corrected chi connectivity index (χ3v) is 5.95. The number of amides is 1. The minimum atomic E-state index is 0.0835. The maximum absolute atomic E-state index is 12.4.